The molecule has 1 fully saturated rings. The van der Waals surface area contributed by atoms with E-state index in [-0.39, 0.29) is 12.7 Å². The Morgan fingerprint density at radius 3 is 2.80 bits per heavy atom. The molecule has 1 aliphatic heterocycles. The number of hydrogen-bond donors (Lipinski definition) is 1. The summed E-state index contributed by atoms with van der Waals surface area (Å²) in [5.74, 6) is 0.990. The van der Waals surface area contributed by atoms with Gasteiger partial charge in [0.15, 0.2) is 0 Å². The second-order valence-electron chi connectivity index (χ2n) is 5.50. The minimum absolute atomic E-state index is 0.245. The van der Waals surface area contributed by atoms with Gasteiger partial charge >= 0.3 is 0 Å². The topological polar surface area (TPSA) is 37.6 Å². The molecule has 0 bridgehead atoms. The first-order valence-electron chi connectivity index (χ1n) is 7.32. The van der Waals surface area contributed by atoms with Gasteiger partial charge < -0.3 is 19.3 Å². The highest BCUT2D eigenvalue weighted by atomic mass is 16.5. The maximum absolute atomic E-state index is 8.97. The van der Waals surface area contributed by atoms with E-state index in [1.54, 1.807) is 0 Å². The Bertz CT molecular complexity index is 571. The summed E-state index contributed by atoms with van der Waals surface area (Å²) < 4.78 is 8.32. The van der Waals surface area contributed by atoms with E-state index in [1.165, 1.54) is 10.9 Å². The predicted molar refractivity (Wildman–Crippen MR) is 80.1 cm³/mol. The molecule has 20 heavy (non-hydrogen) atoms. The maximum Gasteiger partial charge on any atom is 0.129 e. The van der Waals surface area contributed by atoms with Crippen LogP contribution in [0.2, 0.25) is 0 Å². The molecular weight excluding hydrogens is 252 g/mol. The van der Waals surface area contributed by atoms with Gasteiger partial charge in [-0.15, -0.1) is 0 Å². The van der Waals surface area contributed by atoms with Crippen molar-refractivity contribution in [3.8, 4) is 5.75 Å². The van der Waals surface area contributed by atoms with E-state index in [2.05, 4.69) is 47.0 Å². The molecule has 4 nitrogen and oxygen atoms in total. The Kier molecular flexibility index (Phi) is 3.94. The van der Waals surface area contributed by atoms with E-state index in [9.17, 15) is 0 Å². The average molecular weight is 274 g/mol. The molecule has 2 heterocycles. The summed E-state index contributed by atoms with van der Waals surface area (Å²) in [5.41, 5.74) is 1.21. The van der Waals surface area contributed by atoms with Gasteiger partial charge in [-0.2, -0.15) is 0 Å². The second-order valence-corrected chi connectivity index (χ2v) is 5.50. The molecule has 1 aromatic heterocycles. The van der Waals surface area contributed by atoms with Crippen molar-refractivity contribution in [2.75, 3.05) is 26.2 Å². The van der Waals surface area contributed by atoms with Gasteiger partial charge in [0.2, 0.25) is 0 Å². The van der Waals surface area contributed by atoms with E-state index in [1.807, 2.05) is 0 Å². The monoisotopic (exact) mass is 274 g/mol. The molecular formula is C16H22N2O2. The van der Waals surface area contributed by atoms with Gasteiger partial charge in [0.25, 0.3) is 0 Å². The number of aliphatic hydroxyl groups is 1. The Morgan fingerprint density at radius 2 is 2.05 bits per heavy atom. The molecule has 2 aromatic rings. The zero-order valence-corrected chi connectivity index (χ0v) is 12.0. The lowest BCUT2D eigenvalue weighted by atomic mass is 10.1. The van der Waals surface area contributed by atoms with Crippen molar-refractivity contribution in [3.05, 3.63) is 30.5 Å². The van der Waals surface area contributed by atoms with E-state index >= 15 is 0 Å². The Hall–Kier alpha value is -1.52. The van der Waals surface area contributed by atoms with E-state index < -0.39 is 0 Å². The SMILES string of the molecule is Cn1ccc2c(OC3CCN(CCO)CC3)cccc21. The molecule has 3 rings (SSSR count). The molecule has 1 N–H and O–H groups in total. The van der Waals surface area contributed by atoms with Gasteiger partial charge in [0.1, 0.15) is 11.9 Å². The largest absolute Gasteiger partial charge is 0.490 e. The third-order valence-corrected chi connectivity index (χ3v) is 4.13. The normalized spacial score (nSPS) is 17.7. The van der Waals surface area contributed by atoms with Gasteiger partial charge in [-0.3, -0.25) is 0 Å². The van der Waals surface area contributed by atoms with Crippen LogP contribution >= 0.6 is 0 Å². The van der Waals surface area contributed by atoms with Crippen LogP contribution in [0.25, 0.3) is 10.9 Å². The van der Waals surface area contributed by atoms with Gasteiger partial charge in [0, 0.05) is 38.3 Å². The van der Waals surface area contributed by atoms with Crippen LogP contribution in [0.5, 0.6) is 5.75 Å². The fourth-order valence-corrected chi connectivity index (χ4v) is 2.95. The van der Waals surface area contributed by atoms with E-state index in [4.69, 9.17) is 9.84 Å². The van der Waals surface area contributed by atoms with Gasteiger partial charge in [0.05, 0.1) is 12.1 Å². The number of β-amino-alcohol motifs (C(OH)–C–C–N with tert-alkyl or cyclic N) is 1. The van der Waals surface area contributed by atoms with Crippen molar-refractivity contribution in [3.63, 3.8) is 0 Å². The number of aryl methyl sites for hydroxylation is 1. The molecule has 0 aliphatic carbocycles. The number of likely N-dealkylation sites (tertiary alicyclic amines) is 1. The number of rotatable bonds is 4. The molecule has 0 spiro atoms. The minimum Gasteiger partial charge on any atom is -0.490 e. The smallest absolute Gasteiger partial charge is 0.129 e. The van der Waals surface area contributed by atoms with Crippen LogP contribution in [0.3, 0.4) is 0 Å². The van der Waals surface area contributed by atoms with Crippen LogP contribution in [0.15, 0.2) is 30.5 Å². The minimum atomic E-state index is 0.245. The highest BCUT2D eigenvalue weighted by Crippen LogP contribution is 2.28. The molecule has 1 aromatic carbocycles. The third-order valence-electron chi connectivity index (χ3n) is 4.13. The predicted octanol–water partition coefficient (Wildman–Crippen LogP) is 2.01. The molecule has 1 aliphatic rings. The van der Waals surface area contributed by atoms with Crippen molar-refractivity contribution in [1.29, 1.82) is 0 Å². The van der Waals surface area contributed by atoms with Crippen molar-refractivity contribution >= 4 is 10.9 Å². The number of hydrogen-bond acceptors (Lipinski definition) is 3. The van der Waals surface area contributed by atoms with Gasteiger partial charge in [-0.05, 0) is 31.0 Å². The highest BCUT2D eigenvalue weighted by Gasteiger charge is 2.20. The number of fused-ring (bicyclic) bond motifs is 1. The Labute approximate surface area is 119 Å². The molecule has 108 valence electrons. The summed E-state index contributed by atoms with van der Waals surface area (Å²) in [6.07, 6.45) is 4.42. The van der Waals surface area contributed by atoms with E-state index in [0.717, 1.165) is 38.2 Å². The molecule has 1 saturated heterocycles. The van der Waals surface area contributed by atoms with Crippen molar-refractivity contribution < 1.29 is 9.84 Å². The number of ether oxygens (including phenoxy) is 1. The summed E-state index contributed by atoms with van der Waals surface area (Å²) in [6.45, 7) is 3.04. The third kappa shape index (κ3) is 2.67. The number of benzene rings is 1. The second kappa shape index (κ2) is 5.85. The number of piperidine rings is 1. The molecule has 4 heteroatoms. The summed E-state index contributed by atoms with van der Waals surface area (Å²) in [6, 6.07) is 8.35. The lowest BCUT2D eigenvalue weighted by molar-refractivity contribution is 0.0899. The molecule has 0 amide bonds. The van der Waals surface area contributed by atoms with Crippen LogP contribution < -0.4 is 4.74 Å². The van der Waals surface area contributed by atoms with Crippen molar-refractivity contribution in [2.24, 2.45) is 7.05 Å². The lowest BCUT2D eigenvalue weighted by Crippen LogP contribution is -2.39. The quantitative estimate of drug-likeness (QED) is 0.927. The summed E-state index contributed by atoms with van der Waals surface area (Å²) in [7, 11) is 2.06. The maximum atomic E-state index is 8.97. The first-order valence-corrected chi connectivity index (χ1v) is 7.32. The zero-order chi connectivity index (χ0) is 13.9. The Morgan fingerprint density at radius 1 is 1.25 bits per heavy atom. The van der Waals surface area contributed by atoms with Gasteiger partial charge in [-0.1, -0.05) is 6.07 Å². The molecule has 0 unspecified atom stereocenters. The standard InChI is InChI=1S/C16H22N2O2/c1-17-8-7-14-15(17)3-2-4-16(14)20-13-5-9-18(10-6-13)11-12-19/h2-4,7-8,13,19H,5-6,9-12H2,1H3. The average Bonchev–Trinajstić information content (AvgIpc) is 2.84. The first kappa shape index (κ1) is 13.5. The van der Waals surface area contributed by atoms with Gasteiger partial charge in [-0.25, -0.2) is 0 Å². The molecule has 0 atom stereocenters. The van der Waals surface area contributed by atoms with Crippen LogP contribution in [-0.2, 0) is 7.05 Å². The number of nitrogens with zero attached hydrogens (tertiary/aromatic N) is 2. The first-order chi connectivity index (χ1) is 9.78. The van der Waals surface area contributed by atoms with Crippen LogP contribution in [-0.4, -0.2) is 46.9 Å². The fourth-order valence-electron chi connectivity index (χ4n) is 2.95. The van der Waals surface area contributed by atoms with Crippen molar-refractivity contribution in [2.45, 2.75) is 18.9 Å². The zero-order valence-electron chi connectivity index (χ0n) is 12.0. The van der Waals surface area contributed by atoms with Crippen molar-refractivity contribution in [1.82, 2.24) is 9.47 Å². The summed E-state index contributed by atoms with van der Waals surface area (Å²) >= 11 is 0. The van der Waals surface area contributed by atoms with Crippen LogP contribution in [0.1, 0.15) is 12.8 Å². The lowest BCUT2D eigenvalue weighted by Gasteiger charge is -2.31. The summed E-state index contributed by atoms with van der Waals surface area (Å²) in [4.78, 5) is 2.29. The molecule has 0 saturated carbocycles. The number of aliphatic hydroxyl groups excluding tert-OH is 1. The summed E-state index contributed by atoms with van der Waals surface area (Å²) in [5, 5.41) is 10.2. The fraction of sp³-hybridized carbons (Fsp3) is 0.500. The molecule has 0 radical (unpaired) electrons. The van der Waals surface area contributed by atoms with Crippen LogP contribution in [0, 0.1) is 0 Å². The van der Waals surface area contributed by atoms with Crippen LogP contribution in [0.4, 0.5) is 0 Å². The highest BCUT2D eigenvalue weighted by molar-refractivity contribution is 5.86. The number of aromatic nitrogens is 1. The van der Waals surface area contributed by atoms with E-state index in [0.29, 0.717) is 0 Å². The Balaban J connectivity index is 1.68.